The van der Waals surface area contributed by atoms with Crippen LogP contribution >= 0.6 is 0 Å². The van der Waals surface area contributed by atoms with E-state index < -0.39 is 0 Å². The summed E-state index contributed by atoms with van der Waals surface area (Å²) >= 11 is 0. The van der Waals surface area contributed by atoms with E-state index in [4.69, 9.17) is 4.74 Å². The van der Waals surface area contributed by atoms with Crippen LogP contribution in [0.5, 0.6) is 0 Å². The second kappa shape index (κ2) is 8.17. The van der Waals surface area contributed by atoms with E-state index in [0.29, 0.717) is 38.7 Å². The molecule has 2 fully saturated rings. The van der Waals surface area contributed by atoms with E-state index in [-0.39, 0.29) is 23.9 Å². The van der Waals surface area contributed by atoms with Crippen molar-refractivity contribution in [3.63, 3.8) is 0 Å². The van der Waals surface area contributed by atoms with Crippen molar-refractivity contribution in [1.29, 1.82) is 0 Å². The zero-order chi connectivity index (χ0) is 16.8. The van der Waals surface area contributed by atoms with Crippen molar-refractivity contribution in [2.24, 2.45) is 0 Å². The highest BCUT2D eigenvalue weighted by Gasteiger charge is 2.31. The van der Waals surface area contributed by atoms with E-state index in [0.717, 1.165) is 25.7 Å². The maximum Gasteiger partial charge on any atom is 0.409 e. The molecule has 1 aliphatic heterocycles. The first-order valence-corrected chi connectivity index (χ1v) is 8.49. The molecule has 0 aromatic rings. The van der Waals surface area contributed by atoms with E-state index >= 15 is 0 Å². The molecule has 2 aliphatic rings. The Bertz CT molecular complexity index is 443. The number of nitrogens with zero attached hydrogens (tertiary/aromatic N) is 2. The molecule has 1 saturated heterocycles. The van der Waals surface area contributed by atoms with Crippen molar-refractivity contribution in [2.45, 2.75) is 58.0 Å². The van der Waals surface area contributed by atoms with Crippen LogP contribution in [0.1, 0.15) is 46.0 Å². The molecule has 7 heteroatoms. The van der Waals surface area contributed by atoms with Crippen LogP contribution in [0, 0.1) is 0 Å². The molecule has 0 atom stereocenters. The molecule has 1 saturated carbocycles. The number of amides is 3. The molecule has 1 aliphatic carbocycles. The number of likely N-dealkylation sites (tertiary alicyclic amines) is 1. The summed E-state index contributed by atoms with van der Waals surface area (Å²) in [5.41, 5.74) is 0. The van der Waals surface area contributed by atoms with Crippen molar-refractivity contribution in [1.82, 2.24) is 15.1 Å². The third-order valence-electron chi connectivity index (χ3n) is 4.36. The van der Waals surface area contributed by atoms with Crippen LogP contribution in [0.3, 0.4) is 0 Å². The number of rotatable bonds is 6. The minimum absolute atomic E-state index is 0.0218. The largest absolute Gasteiger partial charge is 0.450 e. The maximum absolute atomic E-state index is 12.0. The van der Waals surface area contributed by atoms with E-state index in [1.807, 2.05) is 0 Å². The number of carbonyl (C=O) groups excluding carboxylic acids is 3. The molecular weight excluding hydrogens is 298 g/mol. The summed E-state index contributed by atoms with van der Waals surface area (Å²) in [5, 5.41) is 3.01. The number of carbonyl (C=O) groups is 3. The number of nitrogens with one attached hydrogen (secondary N) is 1. The molecule has 1 N–H and O–H groups in total. The first-order valence-electron chi connectivity index (χ1n) is 8.49. The lowest BCUT2D eigenvalue weighted by atomic mass is 10.1. The highest BCUT2D eigenvalue weighted by molar-refractivity contribution is 5.78. The Morgan fingerprint density at radius 1 is 1.17 bits per heavy atom. The summed E-state index contributed by atoms with van der Waals surface area (Å²) in [7, 11) is 0. The third-order valence-corrected chi connectivity index (χ3v) is 4.36. The van der Waals surface area contributed by atoms with Crippen LogP contribution < -0.4 is 5.32 Å². The topological polar surface area (TPSA) is 79.0 Å². The minimum Gasteiger partial charge on any atom is -0.450 e. The van der Waals surface area contributed by atoms with Crippen LogP contribution in [0.4, 0.5) is 4.79 Å². The quantitative estimate of drug-likeness (QED) is 0.794. The Labute approximate surface area is 137 Å². The number of hydrogen-bond acceptors (Lipinski definition) is 4. The van der Waals surface area contributed by atoms with Crippen LogP contribution in [0.2, 0.25) is 0 Å². The van der Waals surface area contributed by atoms with Crippen molar-refractivity contribution < 1.29 is 19.1 Å². The first kappa shape index (κ1) is 17.6. The summed E-state index contributed by atoms with van der Waals surface area (Å²) in [6.45, 7) is 5.42. The molecule has 7 nitrogen and oxygen atoms in total. The SMILES string of the molecule is CCOC(=O)N1CCC(NC(=O)CCN(C(C)=O)C2CC2)CC1. The van der Waals surface area contributed by atoms with E-state index in [9.17, 15) is 14.4 Å². The van der Waals surface area contributed by atoms with Gasteiger partial charge in [-0.25, -0.2) is 4.79 Å². The van der Waals surface area contributed by atoms with Crippen molar-refractivity contribution in [3.8, 4) is 0 Å². The smallest absolute Gasteiger partial charge is 0.409 e. The zero-order valence-corrected chi connectivity index (χ0v) is 14.0. The summed E-state index contributed by atoms with van der Waals surface area (Å²) in [5.74, 6) is 0.0227. The van der Waals surface area contributed by atoms with Gasteiger partial charge in [-0.1, -0.05) is 0 Å². The number of piperidine rings is 1. The predicted octanol–water partition coefficient (Wildman–Crippen LogP) is 1.12. The standard InChI is InChI=1S/C16H27N3O4/c1-3-23-16(22)18-9-6-13(7-10-18)17-15(21)8-11-19(12(2)20)14-4-5-14/h13-14H,3-11H2,1-2H3,(H,17,21). The lowest BCUT2D eigenvalue weighted by Crippen LogP contribution is -2.47. The molecule has 23 heavy (non-hydrogen) atoms. The van der Waals surface area contributed by atoms with Gasteiger partial charge in [-0.15, -0.1) is 0 Å². The average molecular weight is 325 g/mol. The fourth-order valence-corrected chi connectivity index (χ4v) is 2.93. The van der Waals surface area contributed by atoms with Crippen molar-refractivity contribution in [3.05, 3.63) is 0 Å². The Balaban J connectivity index is 1.66. The Morgan fingerprint density at radius 2 is 1.83 bits per heavy atom. The summed E-state index contributed by atoms with van der Waals surface area (Å²) in [4.78, 5) is 38.7. The summed E-state index contributed by atoms with van der Waals surface area (Å²) in [6, 6.07) is 0.438. The van der Waals surface area contributed by atoms with Crippen LogP contribution in [0.25, 0.3) is 0 Å². The molecule has 2 rings (SSSR count). The molecule has 3 amide bonds. The highest BCUT2D eigenvalue weighted by Crippen LogP contribution is 2.26. The Hall–Kier alpha value is -1.79. The maximum atomic E-state index is 12.0. The molecule has 0 aromatic carbocycles. The van der Waals surface area contributed by atoms with Gasteiger partial charge in [0.05, 0.1) is 6.61 Å². The van der Waals surface area contributed by atoms with Crippen LogP contribution in [0.15, 0.2) is 0 Å². The fourth-order valence-electron chi connectivity index (χ4n) is 2.93. The fraction of sp³-hybridized carbons (Fsp3) is 0.812. The van der Waals surface area contributed by atoms with Gasteiger partial charge >= 0.3 is 6.09 Å². The van der Waals surface area contributed by atoms with Gasteiger partial charge in [0.15, 0.2) is 0 Å². The Kier molecular flexibility index (Phi) is 6.24. The second-order valence-corrected chi connectivity index (χ2v) is 6.22. The zero-order valence-electron chi connectivity index (χ0n) is 14.0. The molecule has 130 valence electrons. The van der Waals surface area contributed by atoms with Gasteiger partial charge in [-0.2, -0.15) is 0 Å². The van der Waals surface area contributed by atoms with Crippen molar-refractivity contribution in [2.75, 3.05) is 26.2 Å². The predicted molar refractivity (Wildman–Crippen MR) is 84.8 cm³/mol. The minimum atomic E-state index is -0.279. The van der Waals surface area contributed by atoms with Gasteiger partial charge in [0.25, 0.3) is 0 Å². The second-order valence-electron chi connectivity index (χ2n) is 6.22. The van der Waals surface area contributed by atoms with Gasteiger partial charge in [0.1, 0.15) is 0 Å². The molecule has 0 spiro atoms. The molecule has 0 radical (unpaired) electrons. The van der Waals surface area contributed by atoms with Gasteiger partial charge in [0, 0.05) is 45.1 Å². The van der Waals surface area contributed by atoms with Gasteiger partial charge < -0.3 is 19.9 Å². The highest BCUT2D eigenvalue weighted by atomic mass is 16.6. The van der Waals surface area contributed by atoms with E-state index in [1.165, 1.54) is 0 Å². The van der Waals surface area contributed by atoms with Gasteiger partial charge in [-0.05, 0) is 32.6 Å². The molecular formula is C16H27N3O4. The molecule has 0 aromatic heterocycles. The van der Waals surface area contributed by atoms with E-state index in [2.05, 4.69) is 5.32 Å². The number of ether oxygens (including phenoxy) is 1. The lowest BCUT2D eigenvalue weighted by molar-refractivity contribution is -0.130. The normalized spacial score (nSPS) is 18.4. The van der Waals surface area contributed by atoms with E-state index in [1.54, 1.807) is 23.6 Å². The van der Waals surface area contributed by atoms with Gasteiger partial charge in [-0.3, -0.25) is 9.59 Å². The third kappa shape index (κ3) is 5.41. The molecule has 0 bridgehead atoms. The molecule has 1 heterocycles. The summed E-state index contributed by atoms with van der Waals surface area (Å²) < 4.78 is 4.98. The summed E-state index contributed by atoms with van der Waals surface area (Å²) in [6.07, 6.45) is 3.64. The Morgan fingerprint density at radius 3 is 2.35 bits per heavy atom. The first-order chi connectivity index (χ1) is 11.0. The van der Waals surface area contributed by atoms with Gasteiger partial charge in [0.2, 0.25) is 11.8 Å². The van der Waals surface area contributed by atoms with Crippen LogP contribution in [-0.2, 0) is 14.3 Å². The lowest BCUT2D eigenvalue weighted by Gasteiger charge is -2.31. The monoisotopic (exact) mass is 325 g/mol. The van der Waals surface area contributed by atoms with Crippen LogP contribution in [-0.4, -0.2) is 66.0 Å². The number of hydrogen-bond donors (Lipinski definition) is 1. The van der Waals surface area contributed by atoms with Crippen molar-refractivity contribution >= 4 is 17.9 Å². The molecule has 0 unspecified atom stereocenters. The average Bonchev–Trinajstić information content (AvgIpc) is 3.33.